The Bertz CT molecular complexity index is 1940. The number of ether oxygens (including phenoxy) is 2. The number of fused-ring (bicyclic) bond motifs is 1. The minimum absolute atomic E-state index is 0.0434. The summed E-state index contributed by atoms with van der Waals surface area (Å²) in [6, 6.07) is 13.4. The van der Waals surface area contributed by atoms with Crippen LogP contribution in [0.2, 0.25) is 0 Å². The van der Waals surface area contributed by atoms with Crippen molar-refractivity contribution in [3.05, 3.63) is 82.9 Å². The highest BCUT2D eigenvalue weighted by Gasteiger charge is 2.35. The molecular weight excluding hydrogens is 618 g/mol. The number of imidazole rings is 1. The normalized spacial score (nSPS) is 17.5. The number of alkyl halides is 3. The molecular formula is C32H29F4N9O2. The summed E-state index contributed by atoms with van der Waals surface area (Å²) in [6.45, 7) is 3.38. The van der Waals surface area contributed by atoms with Gasteiger partial charge in [0.05, 0.1) is 48.1 Å². The van der Waals surface area contributed by atoms with Gasteiger partial charge in [-0.15, -0.1) is 10.2 Å². The van der Waals surface area contributed by atoms with Crippen LogP contribution in [0.25, 0.3) is 22.6 Å². The first-order valence-electron chi connectivity index (χ1n) is 15.2. The molecule has 15 heteroatoms. The van der Waals surface area contributed by atoms with Gasteiger partial charge in [-0.1, -0.05) is 12.1 Å². The maximum Gasteiger partial charge on any atom is 0.451 e. The molecule has 0 unspecified atom stereocenters. The molecule has 0 spiro atoms. The van der Waals surface area contributed by atoms with E-state index >= 15 is 0 Å². The fourth-order valence-electron chi connectivity index (χ4n) is 5.80. The van der Waals surface area contributed by atoms with Crippen molar-refractivity contribution in [3.8, 4) is 23.5 Å². The molecule has 2 aliphatic heterocycles. The number of likely N-dealkylation sites (tertiary alicyclic amines) is 1. The zero-order valence-corrected chi connectivity index (χ0v) is 25.0. The number of pyridine rings is 2. The molecule has 1 aromatic carbocycles. The van der Waals surface area contributed by atoms with Crippen LogP contribution in [0.5, 0.6) is 5.88 Å². The predicted molar refractivity (Wildman–Crippen MR) is 159 cm³/mol. The van der Waals surface area contributed by atoms with E-state index in [9.17, 15) is 17.6 Å². The molecule has 1 N–H and O–H groups in total. The number of halogens is 4. The van der Waals surface area contributed by atoms with Crippen LogP contribution in [0.3, 0.4) is 0 Å². The van der Waals surface area contributed by atoms with Gasteiger partial charge < -0.3 is 19.0 Å². The molecule has 4 aromatic heterocycles. The number of piperidine rings is 1. The Morgan fingerprint density at radius 1 is 1.06 bits per heavy atom. The molecule has 2 aliphatic rings. The van der Waals surface area contributed by atoms with E-state index in [1.807, 2.05) is 18.2 Å². The third-order valence-corrected chi connectivity index (χ3v) is 8.41. The fourth-order valence-corrected chi connectivity index (χ4v) is 5.80. The SMILES string of the molecule is N#Cc1ccc(Cc2cccc(OC3CCN(Cc4nc5cc(-c6nnc(C(F)(F)F)[nH]6)ncc5n4C[C@@H]4CCO4)CC3)n2)c(F)c1. The van der Waals surface area contributed by atoms with E-state index in [0.29, 0.717) is 42.4 Å². The van der Waals surface area contributed by atoms with Gasteiger partial charge in [0.25, 0.3) is 0 Å². The molecule has 7 rings (SSSR count). The molecule has 242 valence electrons. The molecule has 2 fully saturated rings. The van der Waals surface area contributed by atoms with Crippen molar-refractivity contribution in [2.24, 2.45) is 0 Å². The zero-order chi connectivity index (χ0) is 32.5. The number of aromatic nitrogens is 7. The number of hydrogen-bond donors (Lipinski definition) is 1. The van der Waals surface area contributed by atoms with Gasteiger partial charge >= 0.3 is 6.18 Å². The molecule has 2 saturated heterocycles. The van der Waals surface area contributed by atoms with E-state index in [2.05, 4.69) is 34.6 Å². The first-order valence-corrected chi connectivity index (χ1v) is 15.2. The molecule has 0 aliphatic carbocycles. The summed E-state index contributed by atoms with van der Waals surface area (Å²) in [6.07, 6.45) is -0.273. The van der Waals surface area contributed by atoms with E-state index in [-0.39, 0.29) is 35.7 Å². The monoisotopic (exact) mass is 647 g/mol. The number of H-pyrrole nitrogens is 1. The maximum absolute atomic E-state index is 14.4. The minimum atomic E-state index is -4.64. The summed E-state index contributed by atoms with van der Waals surface area (Å²) in [7, 11) is 0. The van der Waals surface area contributed by atoms with Crippen molar-refractivity contribution in [2.75, 3.05) is 19.7 Å². The highest BCUT2D eigenvalue weighted by Crippen LogP contribution is 2.29. The van der Waals surface area contributed by atoms with E-state index in [1.54, 1.807) is 30.5 Å². The van der Waals surface area contributed by atoms with Gasteiger partial charge in [0.1, 0.15) is 23.4 Å². The van der Waals surface area contributed by atoms with Crippen LogP contribution in [0.4, 0.5) is 17.6 Å². The molecule has 5 aromatic rings. The Labute approximate surface area is 266 Å². The van der Waals surface area contributed by atoms with E-state index < -0.39 is 17.8 Å². The lowest BCUT2D eigenvalue weighted by Crippen LogP contribution is -2.39. The number of rotatable bonds is 9. The third kappa shape index (κ3) is 6.79. The van der Waals surface area contributed by atoms with Gasteiger partial charge in [-0.2, -0.15) is 18.4 Å². The Kier molecular flexibility index (Phi) is 8.29. The summed E-state index contributed by atoms with van der Waals surface area (Å²) in [5.74, 6) is -0.413. The zero-order valence-electron chi connectivity index (χ0n) is 25.0. The smallest absolute Gasteiger partial charge is 0.451 e. The lowest BCUT2D eigenvalue weighted by atomic mass is 10.1. The number of hydrogen-bond acceptors (Lipinski definition) is 9. The number of nitriles is 1. The first kappa shape index (κ1) is 30.7. The highest BCUT2D eigenvalue weighted by molar-refractivity contribution is 5.78. The molecule has 0 radical (unpaired) electrons. The molecule has 0 bridgehead atoms. The van der Waals surface area contributed by atoms with Crippen LogP contribution in [0.15, 0.2) is 48.7 Å². The highest BCUT2D eigenvalue weighted by atomic mass is 19.4. The van der Waals surface area contributed by atoms with Crippen molar-refractivity contribution in [3.63, 3.8) is 0 Å². The number of nitrogens with one attached hydrogen (secondary N) is 1. The topological polar surface area (TPSA) is 131 Å². The molecule has 6 heterocycles. The lowest BCUT2D eigenvalue weighted by molar-refractivity contribution is -0.144. The second kappa shape index (κ2) is 12.7. The largest absolute Gasteiger partial charge is 0.474 e. The van der Waals surface area contributed by atoms with Gasteiger partial charge in [-0.3, -0.25) is 9.88 Å². The van der Waals surface area contributed by atoms with Crippen molar-refractivity contribution < 1.29 is 27.0 Å². The molecule has 0 saturated carbocycles. The molecule has 47 heavy (non-hydrogen) atoms. The van der Waals surface area contributed by atoms with E-state index in [4.69, 9.17) is 19.7 Å². The average molecular weight is 648 g/mol. The van der Waals surface area contributed by atoms with Crippen molar-refractivity contribution in [1.82, 2.24) is 39.6 Å². The van der Waals surface area contributed by atoms with Crippen LogP contribution in [0, 0.1) is 17.1 Å². The van der Waals surface area contributed by atoms with Crippen LogP contribution in [-0.2, 0) is 30.4 Å². The lowest BCUT2D eigenvalue weighted by Gasteiger charge is -2.32. The second-order valence-corrected chi connectivity index (χ2v) is 11.7. The molecule has 11 nitrogen and oxygen atoms in total. The number of aromatic amines is 1. The summed E-state index contributed by atoms with van der Waals surface area (Å²) in [4.78, 5) is 18.3. The van der Waals surface area contributed by atoms with Gasteiger partial charge in [-0.05, 0) is 49.1 Å². The summed E-state index contributed by atoms with van der Waals surface area (Å²) >= 11 is 0. The summed E-state index contributed by atoms with van der Waals surface area (Å²) < 4.78 is 67.5. The number of benzene rings is 1. The van der Waals surface area contributed by atoms with Crippen LogP contribution in [-0.4, -0.2) is 71.5 Å². The second-order valence-electron chi connectivity index (χ2n) is 11.7. The van der Waals surface area contributed by atoms with Crippen molar-refractivity contribution in [2.45, 2.75) is 57.2 Å². The summed E-state index contributed by atoms with van der Waals surface area (Å²) in [5.41, 5.74) is 2.97. The fraction of sp³-hybridized carbons (Fsp3) is 0.375. The van der Waals surface area contributed by atoms with Crippen molar-refractivity contribution >= 4 is 11.0 Å². The Hall–Kier alpha value is -4.94. The Morgan fingerprint density at radius 2 is 1.89 bits per heavy atom. The minimum Gasteiger partial charge on any atom is -0.474 e. The maximum atomic E-state index is 14.4. The van der Waals surface area contributed by atoms with Gasteiger partial charge in [0, 0.05) is 37.9 Å². The average Bonchev–Trinajstić information content (AvgIpc) is 3.66. The van der Waals surface area contributed by atoms with Gasteiger partial charge in [0.2, 0.25) is 11.7 Å². The first-order chi connectivity index (χ1) is 22.7. The standard InChI is InChI=1S/C32H29F4N9O2/c33-24-12-19(15-37)4-5-20(24)13-21-2-1-3-29(39-21)47-22-6-9-44(10-7-22)18-28-40-25-14-26(30-41-31(43-42-30)32(34,35)36)38-16-27(25)45(28)17-23-8-11-46-23/h1-5,12,14,16,22-23H,6-11,13,17-18H2,(H,41,42,43)/t23-/m0/s1. The van der Waals surface area contributed by atoms with Crippen LogP contribution < -0.4 is 4.74 Å². The predicted octanol–water partition coefficient (Wildman–Crippen LogP) is 5.06. The third-order valence-electron chi connectivity index (χ3n) is 8.41. The van der Waals surface area contributed by atoms with Crippen LogP contribution >= 0.6 is 0 Å². The van der Waals surface area contributed by atoms with Gasteiger partial charge in [0.15, 0.2) is 5.82 Å². The summed E-state index contributed by atoms with van der Waals surface area (Å²) in [5, 5.41) is 15.8. The van der Waals surface area contributed by atoms with E-state index in [0.717, 1.165) is 43.7 Å². The quantitative estimate of drug-likeness (QED) is 0.218. The Balaban J connectivity index is 1.01. The number of nitrogens with zero attached hydrogens (tertiary/aromatic N) is 8. The molecule has 0 amide bonds. The Morgan fingerprint density at radius 3 is 2.60 bits per heavy atom. The van der Waals surface area contributed by atoms with Crippen molar-refractivity contribution in [1.29, 1.82) is 5.26 Å². The van der Waals surface area contributed by atoms with E-state index in [1.165, 1.54) is 6.07 Å². The van der Waals surface area contributed by atoms with Gasteiger partial charge in [-0.25, -0.2) is 14.4 Å². The van der Waals surface area contributed by atoms with Crippen LogP contribution in [0.1, 0.15) is 47.7 Å². The molecule has 1 atom stereocenters.